The third kappa shape index (κ3) is 7.36. The third-order valence-electron chi connectivity index (χ3n) is 5.74. The monoisotopic (exact) mass is 626 g/mol. The molecule has 15 nitrogen and oxygen atoms in total. The van der Waals surface area contributed by atoms with Gasteiger partial charge in [0.15, 0.2) is 0 Å². The second-order valence-electron chi connectivity index (χ2n) is 8.35. The Kier molecular flexibility index (Phi) is 9.87. The van der Waals surface area contributed by atoms with Crippen LogP contribution in [0.5, 0.6) is 0 Å². The van der Waals surface area contributed by atoms with Crippen molar-refractivity contribution in [3.8, 4) is 0 Å². The lowest BCUT2D eigenvalue weighted by Gasteiger charge is -2.41. The zero-order chi connectivity index (χ0) is 29.2. The molecule has 7 N–H and O–H groups in total. The minimum atomic E-state index is -5.30. The summed E-state index contributed by atoms with van der Waals surface area (Å²) in [4.78, 5) is 48.4. The highest BCUT2D eigenvalue weighted by Gasteiger charge is 2.59. The van der Waals surface area contributed by atoms with Crippen molar-refractivity contribution in [2.75, 3.05) is 19.5 Å². The normalized spacial score (nSPS) is 20.9. The van der Waals surface area contributed by atoms with Gasteiger partial charge < -0.3 is 39.8 Å². The maximum Gasteiger partial charge on any atom is 0.481 e. The zero-order valence-corrected chi connectivity index (χ0v) is 24.5. The molecule has 0 spiro atoms. The van der Waals surface area contributed by atoms with Crippen molar-refractivity contribution in [2.45, 2.75) is 37.5 Å². The fourth-order valence-corrected chi connectivity index (χ4v) is 8.59. The van der Waals surface area contributed by atoms with Gasteiger partial charge in [0, 0.05) is 42.4 Å². The fraction of sp³-hybridized carbons (Fsp3) is 0.400. The summed E-state index contributed by atoms with van der Waals surface area (Å²) in [5, 5.41) is 8.32. The quantitative estimate of drug-likeness (QED) is 0.186. The summed E-state index contributed by atoms with van der Waals surface area (Å²) in [6, 6.07) is 7.78. The Bertz CT molecular complexity index is 1380. The molecular weight excluding hydrogens is 597 g/mol. The first-order valence-corrected chi connectivity index (χ1v) is 16.6. The number of hydrogen-bond donors (Lipinski definition) is 6. The SMILES string of the molecule is COP(=O)(O)[C@@](O)(c1ccccc1)C1SC(CCOP(=O)(O)OP(=O)(O)O)=C(C)N1Cc1cnc(C)nc1N. The summed E-state index contributed by atoms with van der Waals surface area (Å²) < 4.78 is 49.6. The molecule has 0 bridgehead atoms. The molecule has 0 aliphatic carbocycles. The van der Waals surface area contributed by atoms with E-state index in [-0.39, 0.29) is 24.3 Å². The molecule has 1 aliphatic heterocycles. The largest absolute Gasteiger partial charge is 0.481 e. The predicted molar refractivity (Wildman–Crippen MR) is 141 cm³/mol. The number of rotatable bonds is 12. The Hall–Kier alpha value is -1.64. The summed E-state index contributed by atoms with van der Waals surface area (Å²) in [6.07, 6.45) is 1.40. The number of anilines is 1. The second-order valence-corrected chi connectivity index (χ2v) is 14.4. The van der Waals surface area contributed by atoms with Crippen LogP contribution >= 0.6 is 35.0 Å². The number of aliphatic hydroxyl groups is 1. The van der Waals surface area contributed by atoms with Gasteiger partial charge >= 0.3 is 23.2 Å². The van der Waals surface area contributed by atoms with E-state index < -0.39 is 40.6 Å². The molecule has 0 fully saturated rings. The number of benzene rings is 1. The number of thioether (sulfide) groups is 1. The molecule has 0 amide bonds. The highest BCUT2D eigenvalue weighted by molar-refractivity contribution is 8.04. The average molecular weight is 626 g/mol. The lowest BCUT2D eigenvalue weighted by Crippen LogP contribution is -2.46. The molecule has 2 aromatic rings. The van der Waals surface area contributed by atoms with E-state index in [1.54, 1.807) is 36.9 Å². The average Bonchev–Trinajstić information content (AvgIpc) is 3.14. The Morgan fingerprint density at radius 2 is 1.77 bits per heavy atom. The van der Waals surface area contributed by atoms with Crippen LogP contribution in [0.3, 0.4) is 0 Å². The van der Waals surface area contributed by atoms with E-state index in [1.807, 2.05) is 0 Å². The van der Waals surface area contributed by atoms with Crippen LogP contribution in [0.2, 0.25) is 0 Å². The Morgan fingerprint density at radius 3 is 2.33 bits per heavy atom. The lowest BCUT2D eigenvalue weighted by atomic mass is 10.1. The molecule has 3 rings (SSSR count). The topological polar surface area (TPSA) is 235 Å². The number of allylic oxidation sites excluding steroid dienone is 1. The van der Waals surface area contributed by atoms with Gasteiger partial charge in [-0.15, -0.1) is 0 Å². The number of nitrogens with two attached hydrogens (primary N) is 1. The van der Waals surface area contributed by atoms with Crippen molar-refractivity contribution < 1.29 is 51.7 Å². The number of phosphoric acid groups is 2. The number of nitrogens with zero attached hydrogens (tertiary/aromatic N) is 3. The minimum Gasteiger partial charge on any atom is -0.383 e. The molecule has 3 unspecified atom stereocenters. The van der Waals surface area contributed by atoms with Gasteiger partial charge in [-0.3, -0.25) is 9.09 Å². The van der Waals surface area contributed by atoms with E-state index in [1.165, 1.54) is 18.3 Å². The summed E-state index contributed by atoms with van der Waals surface area (Å²) in [5.41, 5.74) is 7.12. The van der Waals surface area contributed by atoms with Crippen LogP contribution in [-0.2, 0) is 38.9 Å². The van der Waals surface area contributed by atoms with Gasteiger partial charge in [0.25, 0.3) is 0 Å². The smallest absolute Gasteiger partial charge is 0.383 e. The molecule has 0 saturated heterocycles. The van der Waals surface area contributed by atoms with Crippen LogP contribution in [-0.4, -0.2) is 58.6 Å². The highest BCUT2D eigenvalue weighted by atomic mass is 32.2. The molecule has 4 atom stereocenters. The van der Waals surface area contributed by atoms with E-state index in [0.717, 1.165) is 18.9 Å². The van der Waals surface area contributed by atoms with Gasteiger partial charge in [-0.05, 0) is 19.4 Å². The maximum atomic E-state index is 13.4. The predicted octanol–water partition coefficient (Wildman–Crippen LogP) is 2.77. The molecular formula is C20H29N4O11P3S. The van der Waals surface area contributed by atoms with Gasteiger partial charge in [-0.25, -0.2) is 19.1 Å². The van der Waals surface area contributed by atoms with Gasteiger partial charge in [-0.1, -0.05) is 42.1 Å². The summed E-state index contributed by atoms with van der Waals surface area (Å²) in [6.45, 7) is 2.79. The standard InChI is InChI=1S/C20H29N4O11P3S/c1-13-17(9-10-34-38(31,32)35-37(28,29)30)39-19(24(13)12-15-11-22-14(2)23-18(15)21)20(25,36(26,27)33-3)16-7-5-4-6-8-16/h4-8,11,19,25H,9-10,12H2,1-3H3,(H,26,27)(H,31,32)(H2,21,22,23)(H2,28,29,30)/t19?,20-/m0/s1. The third-order valence-corrected chi connectivity index (χ3v) is 11.6. The van der Waals surface area contributed by atoms with E-state index in [2.05, 4.69) is 14.3 Å². The highest BCUT2D eigenvalue weighted by Crippen LogP contribution is 2.66. The van der Waals surface area contributed by atoms with Crippen molar-refractivity contribution >= 4 is 40.8 Å². The Labute approximate surface area is 228 Å². The number of aryl methyl sites for hydroxylation is 1. The van der Waals surface area contributed by atoms with Crippen LogP contribution < -0.4 is 5.73 Å². The molecule has 1 aliphatic rings. The van der Waals surface area contributed by atoms with Crippen LogP contribution in [0.15, 0.2) is 47.1 Å². The van der Waals surface area contributed by atoms with Crippen LogP contribution in [0.4, 0.5) is 5.82 Å². The summed E-state index contributed by atoms with van der Waals surface area (Å²) in [5.74, 6) is 0.591. The van der Waals surface area contributed by atoms with Crippen molar-refractivity contribution in [1.29, 1.82) is 0 Å². The maximum absolute atomic E-state index is 13.4. The van der Waals surface area contributed by atoms with E-state index in [4.69, 9.17) is 24.6 Å². The molecule has 39 heavy (non-hydrogen) atoms. The molecule has 2 heterocycles. The molecule has 0 saturated carbocycles. The van der Waals surface area contributed by atoms with Crippen molar-refractivity contribution in [3.05, 3.63) is 64.1 Å². The van der Waals surface area contributed by atoms with Crippen LogP contribution in [0.1, 0.15) is 30.3 Å². The van der Waals surface area contributed by atoms with Crippen molar-refractivity contribution in [1.82, 2.24) is 14.9 Å². The summed E-state index contributed by atoms with van der Waals surface area (Å²) >= 11 is 0.979. The van der Waals surface area contributed by atoms with E-state index in [0.29, 0.717) is 22.0 Å². The summed E-state index contributed by atoms with van der Waals surface area (Å²) in [7, 11) is -14.2. The first-order chi connectivity index (χ1) is 18.0. The number of hydrogen-bond acceptors (Lipinski definition) is 12. The van der Waals surface area contributed by atoms with Gasteiger partial charge in [0.1, 0.15) is 17.0 Å². The van der Waals surface area contributed by atoms with Gasteiger partial charge in [0.2, 0.25) is 5.34 Å². The molecule has 19 heteroatoms. The first-order valence-electron chi connectivity index (χ1n) is 11.1. The zero-order valence-electron chi connectivity index (χ0n) is 21.0. The van der Waals surface area contributed by atoms with Crippen molar-refractivity contribution in [3.63, 3.8) is 0 Å². The van der Waals surface area contributed by atoms with Crippen LogP contribution in [0, 0.1) is 6.92 Å². The minimum absolute atomic E-state index is 0.00135. The first kappa shape index (κ1) is 31.9. The number of phosphoric ester groups is 1. The van der Waals surface area contributed by atoms with Gasteiger partial charge in [-0.2, -0.15) is 4.31 Å². The molecule has 0 radical (unpaired) electrons. The Balaban J connectivity index is 2.02. The number of aromatic nitrogens is 2. The lowest BCUT2D eigenvalue weighted by molar-refractivity contribution is 0.0384. The second kappa shape index (κ2) is 12.1. The number of nitrogen functional groups attached to an aromatic ring is 1. The fourth-order valence-electron chi connectivity index (χ4n) is 3.86. The molecule has 216 valence electrons. The van der Waals surface area contributed by atoms with Crippen molar-refractivity contribution in [2.24, 2.45) is 0 Å². The van der Waals surface area contributed by atoms with Gasteiger partial charge in [0.05, 0.1) is 6.61 Å². The van der Waals surface area contributed by atoms with E-state index in [9.17, 15) is 28.6 Å². The van der Waals surface area contributed by atoms with E-state index >= 15 is 0 Å². The Morgan fingerprint density at radius 1 is 1.13 bits per heavy atom. The van der Waals surface area contributed by atoms with Crippen LogP contribution in [0.25, 0.3) is 0 Å². The molecule has 1 aromatic carbocycles. The molecule has 1 aromatic heterocycles.